The smallest absolute Gasteiger partial charge is 0.123 e. The van der Waals surface area contributed by atoms with E-state index >= 15 is 0 Å². The van der Waals surface area contributed by atoms with Crippen LogP contribution < -0.4 is 0 Å². The molecule has 0 aliphatic heterocycles. The molecule has 1 aromatic rings. The summed E-state index contributed by atoms with van der Waals surface area (Å²) in [4.78, 5) is 3.90. The zero-order chi connectivity index (χ0) is 11.4. The Balaban J connectivity index is 3.28. The van der Waals surface area contributed by atoms with E-state index in [0.717, 1.165) is 23.2 Å². The van der Waals surface area contributed by atoms with E-state index in [-0.39, 0.29) is 11.7 Å². The highest BCUT2D eigenvalue weighted by Gasteiger charge is 2.09. The van der Waals surface area contributed by atoms with Crippen molar-refractivity contribution in [2.24, 2.45) is 4.99 Å². The molecule has 0 amide bonds. The van der Waals surface area contributed by atoms with Crippen LogP contribution in [0.4, 0.5) is 4.39 Å². The highest BCUT2D eigenvalue weighted by molar-refractivity contribution is 6.03. The van der Waals surface area contributed by atoms with E-state index in [2.05, 4.69) is 4.99 Å². The minimum Gasteiger partial charge on any atom is -0.290 e. The van der Waals surface area contributed by atoms with Crippen LogP contribution >= 0.6 is 0 Å². The Labute approximate surface area is 89.4 Å². The summed E-state index contributed by atoms with van der Waals surface area (Å²) in [7, 11) is 0. The molecular formula is C12H15FN2. The molecule has 0 radical (unpaired) electrons. The maximum Gasteiger partial charge on any atom is 0.123 e. The van der Waals surface area contributed by atoms with E-state index in [4.69, 9.17) is 5.41 Å². The number of benzene rings is 1. The van der Waals surface area contributed by atoms with Gasteiger partial charge in [-0.25, -0.2) is 9.38 Å². The molecule has 0 fully saturated rings. The average molecular weight is 206 g/mol. The molecule has 80 valence electrons. The summed E-state index contributed by atoms with van der Waals surface area (Å²) in [5.41, 5.74) is 2.58. The Morgan fingerprint density at radius 1 is 1.47 bits per heavy atom. The minimum atomic E-state index is -0.231. The molecular weight excluding hydrogens is 191 g/mol. The first-order valence-electron chi connectivity index (χ1n) is 4.89. The van der Waals surface area contributed by atoms with Crippen molar-refractivity contribution in [1.29, 1.82) is 5.41 Å². The molecule has 0 unspecified atom stereocenters. The maximum absolute atomic E-state index is 13.1. The second-order valence-corrected chi connectivity index (χ2v) is 3.73. The van der Waals surface area contributed by atoms with Gasteiger partial charge < -0.3 is 0 Å². The minimum absolute atomic E-state index is 0.231. The van der Waals surface area contributed by atoms with Gasteiger partial charge in [0.25, 0.3) is 0 Å². The molecule has 1 N–H and O–H groups in total. The first kappa shape index (κ1) is 11.6. The lowest BCUT2D eigenvalue weighted by molar-refractivity contribution is 0.623. The van der Waals surface area contributed by atoms with Crippen LogP contribution in [0, 0.1) is 11.2 Å². The summed E-state index contributed by atoms with van der Waals surface area (Å²) in [6.07, 6.45) is 1.00. The zero-order valence-corrected chi connectivity index (χ0v) is 9.21. The van der Waals surface area contributed by atoms with Crippen molar-refractivity contribution >= 4 is 12.1 Å². The number of nitrogens with zero attached hydrogens (tertiary/aromatic N) is 1. The molecule has 0 saturated carbocycles. The van der Waals surface area contributed by atoms with Crippen molar-refractivity contribution in [1.82, 2.24) is 0 Å². The van der Waals surface area contributed by atoms with E-state index in [1.807, 2.05) is 20.8 Å². The number of nitrogens with one attached hydrogen (secondary N) is 1. The summed E-state index contributed by atoms with van der Waals surface area (Å²) in [6, 6.07) is 4.67. The topological polar surface area (TPSA) is 36.2 Å². The van der Waals surface area contributed by atoms with Crippen LogP contribution in [-0.4, -0.2) is 12.1 Å². The fraction of sp³-hybridized carbons (Fsp3) is 0.333. The predicted octanol–water partition coefficient (Wildman–Crippen LogP) is 3.37. The van der Waals surface area contributed by atoms with E-state index in [1.54, 1.807) is 6.07 Å². The van der Waals surface area contributed by atoms with Crippen LogP contribution in [0.3, 0.4) is 0 Å². The largest absolute Gasteiger partial charge is 0.290 e. The van der Waals surface area contributed by atoms with Crippen molar-refractivity contribution < 1.29 is 4.39 Å². The Hall–Kier alpha value is -1.51. The first-order valence-corrected chi connectivity index (χ1v) is 4.89. The molecule has 0 bridgehead atoms. The Bertz CT molecular complexity index is 395. The molecule has 0 spiro atoms. The van der Waals surface area contributed by atoms with Gasteiger partial charge in [0.15, 0.2) is 0 Å². The van der Waals surface area contributed by atoms with Crippen LogP contribution in [0.25, 0.3) is 0 Å². The van der Waals surface area contributed by atoms with Crippen LogP contribution in [-0.2, 0) is 0 Å². The summed E-state index contributed by atoms with van der Waals surface area (Å²) < 4.78 is 13.1. The lowest BCUT2D eigenvalue weighted by Crippen LogP contribution is -2.03. The van der Waals surface area contributed by atoms with Crippen LogP contribution in [0.2, 0.25) is 0 Å². The number of aliphatic imine (C=N–C) groups is 1. The van der Waals surface area contributed by atoms with E-state index in [0.29, 0.717) is 0 Å². The molecule has 0 saturated heterocycles. The summed E-state index contributed by atoms with van der Waals surface area (Å²) in [5, 5.41) is 6.92. The van der Waals surface area contributed by atoms with Gasteiger partial charge in [-0.1, -0.05) is 13.8 Å². The molecule has 3 heteroatoms. The number of hydrogen-bond acceptors (Lipinski definition) is 1. The molecule has 0 atom stereocenters. The molecule has 1 rings (SSSR count). The quantitative estimate of drug-likeness (QED) is 0.581. The van der Waals surface area contributed by atoms with Gasteiger partial charge in [-0.2, -0.15) is 0 Å². The van der Waals surface area contributed by atoms with Gasteiger partial charge in [-0.15, -0.1) is 0 Å². The third kappa shape index (κ3) is 2.72. The lowest BCUT2D eigenvalue weighted by Gasteiger charge is -2.12. The fourth-order valence-electron chi connectivity index (χ4n) is 1.51. The molecule has 0 aromatic heterocycles. The fourth-order valence-corrected chi connectivity index (χ4v) is 1.51. The second-order valence-electron chi connectivity index (χ2n) is 3.73. The molecule has 2 nitrogen and oxygen atoms in total. The first-order chi connectivity index (χ1) is 7.06. The van der Waals surface area contributed by atoms with Crippen molar-refractivity contribution in [3.05, 3.63) is 35.1 Å². The Morgan fingerprint density at radius 3 is 2.67 bits per heavy atom. The molecule has 0 aliphatic rings. The molecule has 0 heterocycles. The van der Waals surface area contributed by atoms with Gasteiger partial charge in [-0.3, -0.25) is 5.41 Å². The summed E-state index contributed by atoms with van der Waals surface area (Å²) in [6.45, 7) is 5.84. The molecule has 0 aliphatic carbocycles. The van der Waals surface area contributed by atoms with Gasteiger partial charge in [0.1, 0.15) is 12.2 Å². The third-order valence-electron chi connectivity index (χ3n) is 2.28. The normalized spacial score (nSPS) is 11.9. The highest BCUT2D eigenvalue weighted by Crippen LogP contribution is 2.21. The Morgan fingerprint density at radius 2 is 2.13 bits per heavy atom. The number of hydrogen-bond donors (Lipinski definition) is 1. The summed E-state index contributed by atoms with van der Waals surface area (Å²) >= 11 is 0. The second kappa shape index (κ2) is 4.82. The number of rotatable bonds is 3. The van der Waals surface area contributed by atoms with Crippen molar-refractivity contribution in [2.45, 2.75) is 26.7 Å². The highest BCUT2D eigenvalue weighted by atomic mass is 19.1. The Kier molecular flexibility index (Phi) is 3.72. The third-order valence-corrected chi connectivity index (χ3v) is 2.28. The molecule has 15 heavy (non-hydrogen) atoms. The molecule has 1 aromatic carbocycles. The van der Waals surface area contributed by atoms with E-state index in [1.165, 1.54) is 12.1 Å². The zero-order valence-electron chi connectivity index (χ0n) is 9.21. The van der Waals surface area contributed by atoms with Gasteiger partial charge in [-0.05, 0) is 42.2 Å². The average Bonchev–Trinajstić information content (AvgIpc) is 2.17. The standard InChI is InChI=1S/C12H15FN2/c1-8(2)12-6-10(13)4-5-11(12)9(3)15-7-14/h4-8,14H,1-3H3/b14-7?,15-9+. The van der Waals surface area contributed by atoms with Crippen molar-refractivity contribution in [3.63, 3.8) is 0 Å². The SMILES string of the molecule is C/C(=N\C=N)c1ccc(F)cc1C(C)C. The van der Waals surface area contributed by atoms with Crippen LogP contribution in [0.15, 0.2) is 23.2 Å². The van der Waals surface area contributed by atoms with E-state index < -0.39 is 0 Å². The van der Waals surface area contributed by atoms with Gasteiger partial charge >= 0.3 is 0 Å². The van der Waals surface area contributed by atoms with Crippen LogP contribution in [0.5, 0.6) is 0 Å². The monoisotopic (exact) mass is 206 g/mol. The van der Waals surface area contributed by atoms with Crippen LogP contribution in [0.1, 0.15) is 37.8 Å². The lowest BCUT2D eigenvalue weighted by atomic mass is 9.95. The van der Waals surface area contributed by atoms with Gasteiger partial charge in [0.05, 0.1) is 0 Å². The summed E-state index contributed by atoms with van der Waals surface area (Å²) in [5.74, 6) is 0.0108. The van der Waals surface area contributed by atoms with E-state index in [9.17, 15) is 4.39 Å². The van der Waals surface area contributed by atoms with Gasteiger partial charge in [0.2, 0.25) is 0 Å². The van der Waals surface area contributed by atoms with Crippen molar-refractivity contribution in [3.8, 4) is 0 Å². The number of halogens is 1. The van der Waals surface area contributed by atoms with Gasteiger partial charge in [0, 0.05) is 5.71 Å². The van der Waals surface area contributed by atoms with Crippen molar-refractivity contribution in [2.75, 3.05) is 0 Å². The maximum atomic E-state index is 13.1. The predicted molar refractivity (Wildman–Crippen MR) is 61.5 cm³/mol.